The zero-order chi connectivity index (χ0) is 10.2. The van der Waals surface area contributed by atoms with Gasteiger partial charge in [-0.25, -0.2) is 0 Å². The van der Waals surface area contributed by atoms with Gasteiger partial charge in [-0.1, -0.05) is 0 Å². The van der Waals surface area contributed by atoms with E-state index in [0.29, 0.717) is 5.54 Å². The fourth-order valence-electron chi connectivity index (χ4n) is 2.80. The largest absolute Gasteiger partial charge is 0.319 e. The lowest BCUT2D eigenvalue weighted by Crippen LogP contribution is -2.52. The number of piperidine rings is 1. The SMILES string of the molecule is CNCC1CCC(C)(C)N(C2CC2)C1. The number of likely N-dealkylation sites (tertiary alicyclic amines) is 1. The van der Waals surface area contributed by atoms with Gasteiger partial charge in [0.05, 0.1) is 0 Å². The maximum absolute atomic E-state index is 3.32. The van der Waals surface area contributed by atoms with Gasteiger partial charge in [0.15, 0.2) is 0 Å². The van der Waals surface area contributed by atoms with Gasteiger partial charge in [0.2, 0.25) is 0 Å². The number of nitrogens with zero attached hydrogens (tertiary/aromatic N) is 1. The third-order valence-electron chi connectivity index (χ3n) is 3.88. The van der Waals surface area contributed by atoms with E-state index in [1.807, 2.05) is 0 Å². The van der Waals surface area contributed by atoms with E-state index in [4.69, 9.17) is 0 Å². The second-order valence-corrected chi connectivity index (χ2v) is 5.66. The molecule has 14 heavy (non-hydrogen) atoms. The monoisotopic (exact) mass is 196 g/mol. The van der Waals surface area contributed by atoms with Gasteiger partial charge in [-0.2, -0.15) is 0 Å². The molecular weight excluding hydrogens is 172 g/mol. The minimum absolute atomic E-state index is 0.464. The number of nitrogens with one attached hydrogen (secondary N) is 1. The molecule has 1 unspecified atom stereocenters. The molecule has 0 radical (unpaired) electrons. The van der Waals surface area contributed by atoms with Crippen molar-refractivity contribution in [3.8, 4) is 0 Å². The lowest BCUT2D eigenvalue weighted by molar-refractivity contribution is 0.0381. The molecule has 0 aromatic carbocycles. The normalized spacial score (nSPS) is 33.2. The van der Waals surface area contributed by atoms with Gasteiger partial charge in [0.1, 0.15) is 0 Å². The summed E-state index contributed by atoms with van der Waals surface area (Å²) in [7, 11) is 2.07. The maximum Gasteiger partial charge on any atom is 0.0156 e. The summed E-state index contributed by atoms with van der Waals surface area (Å²) in [5.74, 6) is 0.883. The summed E-state index contributed by atoms with van der Waals surface area (Å²) in [6, 6.07) is 0.921. The number of rotatable bonds is 3. The molecule has 2 heteroatoms. The van der Waals surface area contributed by atoms with Crippen LogP contribution in [0.2, 0.25) is 0 Å². The Hall–Kier alpha value is -0.0800. The quantitative estimate of drug-likeness (QED) is 0.741. The average Bonchev–Trinajstić information content (AvgIpc) is 2.91. The molecule has 1 N–H and O–H groups in total. The maximum atomic E-state index is 3.32. The fourth-order valence-corrected chi connectivity index (χ4v) is 2.80. The molecule has 2 nitrogen and oxygen atoms in total. The van der Waals surface area contributed by atoms with E-state index in [1.165, 1.54) is 38.8 Å². The molecule has 0 spiro atoms. The molecule has 1 aliphatic carbocycles. The standard InChI is InChI=1S/C12H24N2/c1-12(2)7-6-10(8-13-3)9-14(12)11-4-5-11/h10-11,13H,4-9H2,1-3H3. The van der Waals surface area contributed by atoms with Gasteiger partial charge in [0, 0.05) is 18.1 Å². The first-order chi connectivity index (χ1) is 6.63. The van der Waals surface area contributed by atoms with Crippen molar-refractivity contribution in [2.24, 2.45) is 5.92 Å². The van der Waals surface area contributed by atoms with Crippen molar-refractivity contribution in [3.63, 3.8) is 0 Å². The predicted octanol–water partition coefficient (Wildman–Crippen LogP) is 1.86. The molecule has 0 bridgehead atoms. The highest BCUT2D eigenvalue weighted by atomic mass is 15.2. The van der Waals surface area contributed by atoms with Crippen molar-refractivity contribution in [2.45, 2.75) is 51.1 Å². The van der Waals surface area contributed by atoms with Gasteiger partial charge in [0.25, 0.3) is 0 Å². The Balaban J connectivity index is 1.95. The Morgan fingerprint density at radius 3 is 2.57 bits per heavy atom. The summed E-state index contributed by atoms with van der Waals surface area (Å²) < 4.78 is 0. The van der Waals surface area contributed by atoms with Crippen LogP contribution in [0.5, 0.6) is 0 Å². The van der Waals surface area contributed by atoms with Crippen molar-refractivity contribution in [1.29, 1.82) is 0 Å². The van der Waals surface area contributed by atoms with Crippen LogP contribution in [0, 0.1) is 5.92 Å². The first kappa shape index (κ1) is 10.4. The zero-order valence-electron chi connectivity index (χ0n) is 9.84. The van der Waals surface area contributed by atoms with E-state index in [9.17, 15) is 0 Å². The highest BCUT2D eigenvalue weighted by Crippen LogP contribution is 2.39. The Bertz CT molecular complexity index is 196. The number of hydrogen-bond acceptors (Lipinski definition) is 2. The van der Waals surface area contributed by atoms with Crippen molar-refractivity contribution in [3.05, 3.63) is 0 Å². The summed E-state index contributed by atoms with van der Waals surface area (Å²) in [6.07, 6.45) is 5.65. The molecule has 2 fully saturated rings. The molecule has 82 valence electrons. The van der Waals surface area contributed by atoms with Crippen LogP contribution < -0.4 is 5.32 Å². The Morgan fingerprint density at radius 2 is 2.00 bits per heavy atom. The summed E-state index contributed by atoms with van der Waals surface area (Å²) in [4.78, 5) is 2.76. The fraction of sp³-hybridized carbons (Fsp3) is 1.00. The van der Waals surface area contributed by atoms with Crippen LogP contribution >= 0.6 is 0 Å². The van der Waals surface area contributed by atoms with Crippen LogP contribution in [0.25, 0.3) is 0 Å². The third-order valence-corrected chi connectivity index (χ3v) is 3.88. The lowest BCUT2D eigenvalue weighted by atomic mass is 9.84. The first-order valence-corrected chi connectivity index (χ1v) is 6.05. The van der Waals surface area contributed by atoms with E-state index >= 15 is 0 Å². The summed E-state index contributed by atoms with van der Waals surface area (Å²) in [5.41, 5.74) is 0.464. The molecule has 1 saturated carbocycles. The number of hydrogen-bond donors (Lipinski definition) is 1. The predicted molar refractivity (Wildman–Crippen MR) is 60.5 cm³/mol. The van der Waals surface area contributed by atoms with Crippen molar-refractivity contribution >= 4 is 0 Å². The van der Waals surface area contributed by atoms with E-state index in [-0.39, 0.29) is 0 Å². The second kappa shape index (κ2) is 3.82. The molecule has 1 atom stereocenters. The van der Waals surface area contributed by atoms with Gasteiger partial charge in [-0.3, -0.25) is 4.90 Å². The van der Waals surface area contributed by atoms with Crippen LogP contribution in [0.15, 0.2) is 0 Å². The minimum Gasteiger partial charge on any atom is -0.319 e. The highest BCUT2D eigenvalue weighted by molar-refractivity contribution is 4.97. The highest BCUT2D eigenvalue weighted by Gasteiger charge is 2.41. The molecule has 0 amide bonds. The van der Waals surface area contributed by atoms with Gasteiger partial charge >= 0.3 is 0 Å². The zero-order valence-corrected chi connectivity index (χ0v) is 9.84. The molecule has 2 aliphatic rings. The van der Waals surface area contributed by atoms with E-state index < -0.39 is 0 Å². The summed E-state index contributed by atoms with van der Waals surface area (Å²) in [6.45, 7) is 7.35. The van der Waals surface area contributed by atoms with Crippen molar-refractivity contribution < 1.29 is 0 Å². The molecule has 1 heterocycles. The van der Waals surface area contributed by atoms with Crippen LogP contribution in [0.1, 0.15) is 39.5 Å². The molecule has 1 aliphatic heterocycles. The second-order valence-electron chi connectivity index (χ2n) is 5.66. The molecule has 0 aromatic heterocycles. The topological polar surface area (TPSA) is 15.3 Å². The summed E-state index contributed by atoms with van der Waals surface area (Å²) >= 11 is 0. The van der Waals surface area contributed by atoms with Crippen LogP contribution in [0.4, 0.5) is 0 Å². The molecular formula is C12H24N2. The van der Waals surface area contributed by atoms with E-state index in [2.05, 4.69) is 31.1 Å². The van der Waals surface area contributed by atoms with Gasteiger partial charge < -0.3 is 5.32 Å². The first-order valence-electron chi connectivity index (χ1n) is 6.05. The van der Waals surface area contributed by atoms with E-state index in [0.717, 1.165) is 12.0 Å². The Morgan fingerprint density at radius 1 is 1.29 bits per heavy atom. The Kier molecular flexibility index (Phi) is 2.85. The molecule has 1 saturated heterocycles. The van der Waals surface area contributed by atoms with Gasteiger partial charge in [-0.15, -0.1) is 0 Å². The van der Waals surface area contributed by atoms with Crippen LogP contribution in [-0.2, 0) is 0 Å². The summed E-state index contributed by atoms with van der Waals surface area (Å²) in [5, 5.41) is 3.32. The minimum atomic E-state index is 0.464. The van der Waals surface area contributed by atoms with Crippen LogP contribution in [0.3, 0.4) is 0 Å². The molecule has 2 rings (SSSR count). The average molecular weight is 196 g/mol. The van der Waals surface area contributed by atoms with E-state index in [1.54, 1.807) is 0 Å². The lowest BCUT2D eigenvalue weighted by Gasteiger charge is -2.46. The van der Waals surface area contributed by atoms with Crippen molar-refractivity contribution in [2.75, 3.05) is 20.1 Å². The third kappa shape index (κ3) is 2.12. The van der Waals surface area contributed by atoms with Crippen molar-refractivity contribution in [1.82, 2.24) is 10.2 Å². The Labute approximate surface area is 88.1 Å². The smallest absolute Gasteiger partial charge is 0.0156 e. The molecule has 0 aromatic rings. The van der Waals surface area contributed by atoms with Gasteiger partial charge in [-0.05, 0) is 59.0 Å². The van der Waals surface area contributed by atoms with Crippen LogP contribution in [-0.4, -0.2) is 36.6 Å².